The van der Waals surface area contributed by atoms with Gasteiger partial charge in [-0.25, -0.2) is 10.3 Å². The molecular weight excluding hydrogens is 498 g/mol. The fourth-order valence-electron chi connectivity index (χ4n) is 3.32. The molecule has 0 aliphatic rings. The smallest absolute Gasteiger partial charge is 0.363 e. The van der Waals surface area contributed by atoms with Crippen LogP contribution >= 0.6 is 0 Å². The number of nitrogens with zero attached hydrogens (tertiary/aromatic N) is 2. The largest absolute Gasteiger partial charge is 0.493 e. The summed E-state index contributed by atoms with van der Waals surface area (Å²) in [6, 6.07) is 12.3. The molecule has 38 heavy (non-hydrogen) atoms. The van der Waals surface area contributed by atoms with Gasteiger partial charge in [-0.1, -0.05) is 0 Å². The van der Waals surface area contributed by atoms with Crippen LogP contribution in [0.25, 0.3) is 0 Å². The molecule has 0 heterocycles. The van der Waals surface area contributed by atoms with E-state index in [4.69, 9.17) is 33.3 Å². The second kappa shape index (κ2) is 12.8. The third-order valence-electron chi connectivity index (χ3n) is 5.20. The van der Waals surface area contributed by atoms with E-state index in [1.54, 1.807) is 24.3 Å². The van der Waals surface area contributed by atoms with Crippen molar-refractivity contribution in [1.82, 2.24) is 0 Å². The van der Waals surface area contributed by atoms with Gasteiger partial charge in [0.25, 0.3) is 5.91 Å². The number of hydrogen-bond acceptors (Lipinski definition) is 11. The van der Waals surface area contributed by atoms with E-state index in [1.165, 1.54) is 66.9 Å². The van der Waals surface area contributed by atoms with Crippen molar-refractivity contribution in [2.45, 2.75) is 0 Å². The van der Waals surface area contributed by atoms with Gasteiger partial charge in [-0.05, 0) is 48.5 Å². The van der Waals surface area contributed by atoms with E-state index in [-0.39, 0.29) is 11.1 Å². The first-order chi connectivity index (χ1) is 18.4. The van der Waals surface area contributed by atoms with E-state index in [9.17, 15) is 9.59 Å². The van der Waals surface area contributed by atoms with Crippen molar-refractivity contribution in [2.75, 3.05) is 48.1 Å². The predicted molar refractivity (Wildman–Crippen MR) is 137 cm³/mol. The van der Waals surface area contributed by atoms with E-state index < -0.39 is 11.9 Å². The minimum absolute atomic E-state index is 0.183. The third kappa shape index (κ3) is 6.22. The molecule has 3 aromatic carbocycles. The summed E-state index contributed by atoms with van der Waals surface area (Å²) in [5.74, 6) is 0.702. The van der Waals surface area contributed by atoms with Crippen molar-refractivity contribution in [3.8, 4) is 34.5 Å². The fourth-order valence-corrected chi connectivity index (χ4v) is 3.32. The van der Waals surface area contributed by atoms with Crippen molar-refractivity contribution in [3.05, 3.63) is 59.7 Å². The monoisotopic (exact) mass is 525 g/mol. The van der Waals surface area contributed by atoms with Crippen LogP contribution in [0.4, 0.5) is 11.4 Å². The molecule has 0 unspecified atom stereocenters. The predicted octanol–water partition coefficient (Wildman–Crippen LogP) is 4.85. The summed E-state index contributed by atoms with van der Waals surface area (Å²) < 4.78 is 31.5. The second-order valence-corrected chi connectivity index (χ2v) is 7.37. The summed E-state index contributed by atoms with van der Waals surface area (Å²) in [6.45, 7) is 0. The average Bonchev–Trinajstić information content (AvgIpc) is 2.97. The molecule has 0 saturated heterocycles. The zero-order valence-electron chi connectivity index (χ0n) is 21.7. The quantitative estimate of drug-likeness (QED) is 0.273. The highest BCUT2D eigenvalue weighted by atomic mass is 16.7. The van der Waals surface area contributed by atoms with Crippen molar-refractivity contribution in [1.29, 1.82) is 0 Å². The van der Waals surface area contributed by atoms with Gasteiger partial charge in [0.2, 0.25) is 11.5 Å². The molecule has 0 aliphatic carbocycles. The lowest BCUT2D eigenvalue weighted by Gasteiger charge is -2.14. The van der Waals surface area contributed by atoms with Gasteiger partial charge in [-0.3, -0.25) is 4.79 Å². The van der Waals surface area contributed by atoms with Crippen LogP contribution in [-0.4, -0.2) is 54.5 Å². The number of amides is 1. The highest BCUT2D eigenvalue weighted by Crippen LogP contribution is 2.39. The average molecular weight is 526 g/mol. The lowest BCUT2D eigenvalue weighted by molar-refractivity contribution is 0.0595. The standard InChI is InChI=1S/C26H27N3O9/c1-32-19-11-15(12-20(33-2)23(19)36-5)25(30)28-27-17-7-9-18(10-8-17)29-38-26(31)16-13-21(34-3)24(37-6)22(14-16)35-4/h7-14,29H,1-6H3. The van der Waals surface area contributed by atoms with Crippen LogP contribution in [0.3, 0.4) is 0 Å². The molecule has 0 aromatic heterocycles. The van der Waals surface area contributed by atoms with Gasteiger partial charge in [0.1, 0.15) is 0 Å². The van der Waals surface area contributed by atoms with Crippen LogP contribution in [0.15, 0.2) is 58.8 Å². The maximum atomic E-state index is 12.6. The Kier molecular flexibility index (Phi) is 9.30. The summed E-state index contributed by atoms with van der Waals surface area (Å²) >= 11 is 0. The summed E-state index contributed by atoms with van der Waals surface area (Å²) in [5, 5.41) is 7.72. The Labute approximate surface area is 219 Å². The van der Waals surface area contributed by atoms with E-state index >= 15 is 0 Å². The van der Waals surface area contributed by atoms with Crippen molar-refractivity contribution in [2.24, 2.45) is 10.2 Å². The highest BCUT2D eigenvalue weighted by Gasteiger charge is 2.19. The molecule has 12 nitrogen and oxygen atoms in total. The first kappa shape index (κ1) is 27.6. The summed E-state index contributed by atoms with van der Waals surface area (Å²) in [7, 11) is 8.72. The Hall–Kier alpha value is -5.00. The van der Waals surface area contributed by atoms with Gasteiger partial charge in [0, 0.05) is 0 Å². The van der Waals surface area contributed by atoms with Gasteiger partial charge in [-0.2, -0.15) is 0 Å². The molecule has 0 aliphatic heterocycles. The maximum Gasteiger partial charge on any atom is 0.363 e. The summed E-state index contributed by atoms with van der Waals surface area (Å²) in [6.07, 6.45) is 0. The van der Waals surface area contributed by atoms with Gasteiger partial charge >= 0.3 is 5.97 Å². The first-order valence-corrected chi connectivity index (χ1v) is 11.0. The number of methoxy groups -OCH3 is 6. The first-order valence-electron chi connectivity index (χ1n) is 11.0. The fraction of sp³-hybridized carbons (Fsp3) is 0.231. The minimum Gasteiger partial charge on any atom is -0.493 e. The van der Waals surface area contributed by atoms with Crippen LogP contribution in [0, 0.1) is 0 Å². The molecule has 1 N–H and O–H groups in total. The Morgan fingerprint density at radius 3 is 1.50 bits per heavy atom. The van der Waals surface area contributed by atoms with Crippen molar-refractivity contribution >= 4 is 23.3 Å². The Bertz CT molecular complexity index is 1270. The molecule has 0 bridgehead atoms. The number of azo groups is 1. The van der Waals surface area contributed by atoms with Gasteiger partial charge in [0.15, 0.2) is 23.0 Å². The van der Waals surface area contributed by atoms with Crippen LogP contribution < -0.4 is 33.9 Å². The number of carbonyl (C=O) groups excluding carboxylic acids is 2. The Balaban J connectivity index is 1.66. The zero-order valence-corrected chi connectivity index (χ0v) is 21.7. The number of ether oxygens (including phenoxy) is 6. The molecule has 0 atom stereocenters. The van der Waals surface area contributed by atoms with Gasteiger partial charge < -0.3 is 33.3 Å². The summed E-state index contributed by atoms with van der Waals surface area (Å²) in [4.78, 5) is 30.3. The zero-order chi connectivity index (χ0) is 27.7. The molecular formula is C26H27N3O9. The number of benzene rings is 3. The van der Waals surface area contributed by atoms with Crippen LogP contribution in [0.5, 0.6) is 34.5 Å². The maximum absolute atomic E-state index is 12.6. The Morgan fingerprint density at radius 2 is 1.08 bits per heavy atom. The Morgan fingerprint density at radius 1 is 0.632 bits per heavy atom. The topological polar surface area (TPSA) is 136 Å². The van der Waals surface area contributed by atoms with E-state index in [1.807, 2.05) is 0 Å². The number of anilines is 1. The lowest BCUT2D eigenvalue weighted by atomic mass is 10.1. The number of nitrogens with one attached hydrogen (secondary N) is 1. The molecule has 3 aromatic rings. The normalized spacial score (nSPS) is 10.5. The van der Waals surface area contributed by atoms with Crippen LogP contribution in [0.1, 0.15) is 20.7 Å². The van der Waals surface area contributed by atoms with Crippen molar-refractivity contribution < 1.29 is 42.8 Å². The second-order valence-electron chi connectivity index (χ2n) is 7.37. The third-order valence-corrected chi connectivity index (χ3v) is 5.20. The number of carbonyl (C=O) groups is 2. The van der Waals surface area contributed by atoms with E-state index in [0.717, 1.165) is 0 Å². The molecule has 200 valence electrons. The van der Waals surface area contributed by atoms with Crippen molar-refractivity contribution in [3.63, 3.8) is 0 Å². The number of rotatable bonds is 11. The minimum atomic E-state index is -0.677. The molecule has 0 saturated carbocycles. The van der Waals surface area contributed by atoms with Gasteiger partial charge in [0.05, 0.1) is 65.2 Å². The van der Waals surface area contributed by atoms with E-state index in [0.29, 0.717) is 45.9 Å². The molecule has 0 spiro atoms. The van der Waals surface area contributed by atoms with E-state index in [2.05, 4.69) is 15.7 Å². The molecule has 1 amide bonds. The number of hydrogen-bond donors (Lipinski definition) is 1. The molecule has 12 heteroatoms. The molecule has 0 fully saturated rings. The van der Waals surface area contributed by atoms with Crippen LogP contribution in [0.2, 0.25) is 0 Å². The molecule has 3 rings (SSSR count). The summed E-state index contributed by atoms with van der Waals surface area (Å²) in [5.41, 5.74) is 3.81. The SMILES string of the molecule is COc1cc(C(=O)N=Nc2ccc(NOC(=O)c3cc(OC)c(OC)c(OC)c3)cc2)cc(OC)c1OC. The molecule has 0 radical (unpaired) electrons. The lowest BCUT2D eigenvalue weighted by Crippen LogP contribution is -2.11. The highest BCUT2D eigenvalue weighted by molar-refractivity contribution is 5.96. The van der Waals surface area contributed by atoms with Gasteiger partial charge in [-0.15, -0.1) is 10.2 Å². The van der Waals surface area contributed by atoms with Crippen LogP contribution in [-0.2, 0) is 4.84 Å².